The van der Waals surface area contributed by atoms with Gasteiger partial charge in [0.2, 0.25) is 0 Å². The molecule has 2 nitrogen and oxygen atoms in total. The molecule has 0 aliphatic carbocycles. The lowest BCUT2D eigenvalue weighted by atomic mass is 10.0. The van der Waals surface area contributed by atoms with Crippen molar-refractivity contribution < 1.29 is 4.74 Å². The number of hydrogen-bond acceptors (Lipinski definition) is 2. The molecule has 18 heavy (non-hydrogen) atoms. The summed E-state index contributed by atoms with van der Waals surface area (Å²) in [7, 11) is 0. The fraction of sp³-hybridized carbons (Fsp3) is 0.500. The average molecular weight is 243 g/mol. The van der Waals surface area contributed by atoms with Crippen molar-refractivity contribution in [1.82, 2.24) is 4.90 Å². The zero-order valence-corrected chi connectivity index (χ0v) is 11.2. The predicted octanol–water partition coefficient (Wildman–Crippen LogP) is 3.55. The maximum absolute atomic E-state index is 6.06. The van der Waals surface area contributed by atoms with Gasteiger partial charge in [0.05, 0.1) is 6.54 Å². The predicted molar refractivity (Wildman–Crippen MR) is 73.8 cm³/mol. The molecular formula is C16H21NO. The van der Waals surface area contributed by atoms with Crippen LogP contribution in [0.2, 0.25) is 0 Å². The molecule has 1 aromatic carbocycles. The molecule has 1 saturated heterocycles. The molecule has 0 saturated carbocycles. The van der Waals surface area contributed by atoms with E-state index in [1.54, 1.807) is 0 Å². The van der Waals surface area contributed by atoms with E-state index < -0.39 is 0 Å². The lowest BCUT2D eigenvalue weighted by molar-refractivity contribution is 0.202. The van der Waals surface area contributed by atoms with Crippen LogP contribution in [0.25, 0.3) is 0 Å². The zero-order valence-electron chi connectivity index (χ0n) is 11.2. The van der Waals surface area contributed by atoms with E-state index in [4.69, 9.17) is 4.74 Å². The van der Waals surface area contributed by atoms with Gasteiger partial charge in [0.25, 0.3) is 0 Å². The molecule has 1 atom stereocenters. The van der Waals surface area contributed by atoms with Crippen molar-refractivity contribution in [1.29, 1.82) is 0 Å². The summed E-state index contributed by atoms with van der Waals surface area (Å²) < 4.78 is 6.06. The molecule has 2 aliphatic heterocycles. The first kappa shape index (κ1) is 11.6. The van der Waals surface area contributed by atoms with E-state index >= 15 is 0 Å². The van der Waals surface area contributed by atoms with Gasteiger partial charge in [-0.25, -0.2) is 0 Å². The largest absolute Gasteiger partial charge is 0.488 e. The van der Waals surface area contributed by atoms with Crippen LogP contribution >= 0.6 is 0 Å². The molecule has 0 unspecified atom stereocenters. The zero-order chi connectivity index (χ0) is 12.5. The lowest BCUT2D eigenvalue weighted by Gasteiger charge is -2.16. The van der Waals surface area contributed by atoms with Crippen LogP contribution in [0.3, 0.4) is 0 Å². The van der Waals surface area contributed by atoms with Crippen molar-refractivity contribution in [3.05, 3.63) is 41.6 Å². The first-order valence-electron chi connectivity index (χ1n) is 6.93. The van der Waals surface area contributed by atoms with Crippen LogP contribution in [0, 0.1) is 0 Å². The Kier molecular flexibility index (Phi) is 3.02. The Balaban J connectivity index is 1.63. The Morgan fingerprint density at radius 3 is 2.67 bits per heavy atom. The average Bonchev–Trinajstić information content (AvgIpc) is 2.90. The van der Waals surface area contributed by atoms with Crippen molar-refractivity contribution in [3.8, 4) is 5.75 Å². The number of fused-ring (bicyclic) bond motifs is 1. The minimum Gasteiger partial charge on any atom is -0.488 e. The lowest BCUT2D eigenvalue weighted by Crippen LogP contribution is -2.23. The SMILES string of the molecule is CC(C)c1ccc(O[C@H]2CC3=CCCN3C2)cc1. The summed E-state index contributed by atoms with van der Waals surface area (Å²) in [6.07, 6.45) is 4.98. The van der Waals surface area contributed by atoms with Crippen LogP contribution in [0.4, 0.5) is 0 Å². The summed E-state index contributed by atoms with van der Waals surface area (Å²) in [5.41, 5.74) is 2.86. The Labute approximate surface area is 109 Å². The van der Waals surface area contributed by atoms with Crippen molar-refractivity contribution in [2.24, 2.45) is 0 Å². The van der Waals surface area contributed by atoms with E-state index in [1.807, 2.05) is 0 Å². The van der Waals surface area contributed by atoms with E-state index in [-0.39, 0.29) is 0 Å². The number of benzene rings is 1. The Bertz CT molecular complexity index is 447. The van der Waals surface area contributed by atoms with Crippen LogP contribution in [-0.4, -0.2) is 24.1 Å². The second-order valence-electron chi connectivity index (χ2n) is 5.60. The summed E-state index contributed by atoms with van der Waals surface area (Å²) in [6, 6.07) is 8.56. The second-order valence-corrected chi connectivity index (χ2v) is 5.60. The molecule has 2 heteroatoms. The van der Waals surface area contributed by atoms with E-state index in [2.05, 4.69) is 49.1 Å². The first-order valence-corrected chi connectivity index (χ1v) is 6.93. The number of nitrogens with zero attached hydrogens (tertiary/aromatic N) is 1. The van der Waals surface area contributed by atoms with Gasteiger partial charge in [-0.05, 0) is 30.0 Å². The van der Waals surface area contributed by atoms with Gasteiger partial charge in [-0.15, -0.1) is 0 Å². The van der Waals surface area contributed by atoms with Crippen molar-refractivity contribution in [3.63, 3.8) is 0 Å². The van der Waals surface area contributed by atoms with Crippen molar-refractivity contribution in [2.75, 3.05) is 13.1 Å². The van der Waals surface area contributed by atoms with Gasteiger partial charge >= 0.3 is 0 Å². The summed E-state index contributed by atoms with van der Waals surface area (Å²) in [5, 5.41) is 0. The maximum Gasteiger partial charge on any atom is 0.121 e. The standard InChI is InChI=1S/C16H21NO/c1-12(2)13-5-7-15(8-6-13)18-16-10-14-4-3-9-17(14)11-16/h4-8,12,16H,3,9-11H2,1-2H3/t16-/m0/s1. The summed E-state index contributed by atoms with van der Waals surface area (Å²) in [5.74, 6) is 1.59. The van der Waals surface area contributed by atoms with E-state index in [1.165, 1.54) is 24.2 Å². The Morgan fingerprint density at radius 2 is 2.00 bits per heavy atom. The number of ether oxygens (including phenoxy) is 1. The highest BCUT2D eigenvalue weighted by atomic mass is 16.5. The van der Waals surface area contributed by atoms with Gasteiger partial charge in [-0.1, -0.05) is 32.1 Å². The smallest absolute Gasteiger partial charge is 0.121 e. The molecule has 2 aliphatic rings. The van der Waals surface area contributed by atoms with Crippen LogP contribution in [-0.2, 0) is 0 Å². The molecule has 0 amide bonds. The van der Waals surface area contributed by atoms with Crippen LogP contribution < -0.4 is 4.74 Å². The summed E-state index contributed by atoms with van der Waals surface area (Å²) in [4.78, 5) is 2.45. The van der Waals surface area contributed by atoms with E-state index in [0.29, 0.717) is 12.0 Å². The summed E-state index contributed by atoms with van der Waals surface area (Å²) in [6.45, 7) is 6.67. The maximum atomic E-state index is 6.06. The number of hydrogen-bond donors (Lipinski definition) is 0. The molecule has 1 fully saturated rings. The second kappa shape index (κ2) is 4.68. The topological polar surface area (TPSA) is 12.5 Å². The Hall–Kier alpha value is -1.44. The molecule has 96 valence electrons. The monoisotopic (exact) mass is 243 g/mol. The highest BCUT2D eigenvalue weighted by Gasteiger charge is 2.29. The third-order valence-electron chi connectivity index (χ3n) is 3.90. The van der Waals surface area contributed by atoms with E-state index in [9.17, 15) is 0 Å². The normalized spacial score (nSPS) is 22.3. The van der Waals surface area contributed by atoms with E-state index in [0.717, 1.165) is 18.7 Å². The van der Waals surface area contributed by atoms with Crippen LogP contribution in [0.5, 0.6) is 5.75 Å². The van der Waals surface area contributed by atoms with Crippen molar-refractivity contribution in [2.45, 2.75) is 38.7 Å². The Morgan fingerprint density at radius 1 is 1.22 bits per heavy atom. The molecular weight excluding hydrogens is 222 g/mol. The first-order chi connectivity index (χ1) is 8.72. The van der Waals surface area contributed by atoms with Crippen LogP contribution in [0.15, 0.2) is 36.0 Å². The van der Waals surface area contributed by atoms with Gasteiger partial charge in [0.1, 0.15) is 11.9 Å². The molecule has 0 aromatic heterocycles. The molecule has 2 heterocycles. The molecule has 0 N–H and O–H groups in total. The van der Waals surface area contributed by atoms with Gasteiger partial charge in [0, 0.05) is 18.7 Å². The third-order valence-corrected chi connectivity index (χ3v) is 3.90. The third kappa shape index (κ3) is 2.24. The molecule has 0 radical (unpaired) electrons. The highest BCUT2D eigenvalue weighted by molar-refractivity contribution is 5.29. The van der Waals surface area contributed by atoms with Gasteiger partial charge in [-0.3, -0.25) is 0 Å². The fourth-order valence-electron chi connectivity index (χ4n) is 2.83. The minimum absolute atomic E-state index is 0.335. The molecule has 1 aromatic rings. The fourth-order valence-corrected chi connectivity index (χ4v) is 2.83. The van der Waals surface area contributed by atoms with Crippen LogP contribution in [0.1, 0.15) is 38.2 Å². The minimum atomic E-state index is 0.335. The van der Waals surface area contributed by atoms with Crippen molar-refractivity contribution >= 4 is 0 Å². The van der Waals surface area contributed by atoms with Gasteiger partial charge in [-0.2, -0.15) is 0 Å². The molecule has 3 rings (SSSR count). The summed E-state index contributed by atoms with van der Waals surface area (Å²) >= 11 is 0. The number of rotatable bonds is 3. The molecule has 0 spiro atoms. The quantitative estimate of drug-likeness (QED) is 0.805. The highest BCUT2D eigenvalue weighted by Crippen LogP contribution is 2.30. The molecule has 0 bridgehead atoms. The van der Waals surface area contributed by atoms with Gasteiger partial charge in [0.15, 0.2) is 0 Å². The van der Waals surface area contributed by atoms with Gasteiger partial charge < -0.3 is 9.64 Å².